The SMILES string of the molecule is Cc1ccc(Nc2c(C(N)=O)cc(CNO)c(F)c2F)c(F)c1. The number of aryl methyl sites for hydroxylation is 1. The minimum absolute atomic E-state index is 0.135. The Morgan fingerprint density at radius 1 is 1.22 bits per heavy atom. The Morgan fingerprint density at radius 3 is 2.48 bits per heavy atom. The average Bonchev–Trinajstić information content (AvgIpc) is 2.48. The van der Waals surface area contributed by atoms with E-state index in [0.717, 1.165) is 6.07 Å². The third-order valence-corrected chi connectivity index (χ3v) is 3.20. The van der Waals surface area contributed by atoms with E-state index < -0.39 is 35.6 Å². The largest absolute Gasteiger partial charge is 0.366 e. The normalized spacial score (nSPS) is 10.7. The topological polar surface area (TPSA) is 87.4 Å². The molecule has 0 radical (unpaired) electrons. The van der Waals surface area contributed by atoms with E-state index in [0.29, 0.717) is 5.56 Å². The second-order valence-corrected chi connectivity index (χ2v) is 4.89. The smallest absolute Gasteiger partial charge is 0.250 e. The molecule has 1 amide bonds. The van der Waals surface area contributed by atoms with Gasteiger partial charge < -0.3 is 16.3 Å². The Bertz CT molecular complexity index is 766. The first kappa shape index (κ1) is 16.8. The van der Waals surface area contributed by atoms with Gasteiger partial charge in [0.15, 0.2) is 11.6 Å². The zero-order chi connectivity index (χ0) is 17.1. The maximum atomic E-state index is 14.2. The van der Waals surface area contributed by atoms with Crippen LogP contribution in [-0.4, -0.2) is 11.1 Å². The molecular weight excluding hydrogens is 311 g/mol. The van der Waals surface area contributed by atoms with Crippen LogP contribution in [0.15, 0.2) is 24.3 Å². The fourth-order valence-corrected chi connectivity index (χ4v) is 2.07. The molecule has 8 heteroatoms. The summed E-state index contributed by atoms with van der Waals surface area (Å²) in [6, 6.07) is 5.08. The predicted molar refractivity (Wildman–Crippen MR) is 77.9 cm³/mol. The van der Waals surface area contributed by atoms with Crippen molar-refractivity contribution in [1.29, 1.82) is 0 Å². The summed E-state index contributed by atoms with van der Waals surface area (Å²) in [5.74, 6) is -4.41. The van der Waals surface area contributed by atoms with Gasteiger partial charge in [0.1, 0.15) is 5.82 Å². The Balaban J connectivity index is 2.56. The lowest BCUT2D eigenvalue weighted by Crippen LogP contribution is -2.18. The highest BCUT2D eigenvalue weighted by molar-refractivity contribution is 5.99. The van der Waals surface area contributed by atoms with Gasteiger partial charge in [-0.1, -0.05) is 6.07 Å². The van der Waals surface area contributed by atoms with Crippen LogP contribution in [0.4, 0.5) is 24.5 Å². The van der Waals surface area contributed by atoms with E-state index in [1.807, 2.05) is 0 Å². The van der Waals surface area contributed by atoms with Crippen LogP contribution >= 0.6 is 0 Å². The molecule has 23 heavy (non-hydrogen) atoms. The van der Waals surface area contributed by atoms with E-state index in [2.05, 4.69) is 5.32 Å². The van der Waals surface area contributed by atoms with Crippen molar-refractivity contribution >= 4 is 17.3 Å². The third kappa shape index (κ3) is 3.43. The van der Waals surface area contributed by atoms with Crippen molar-refractivity contribution < 1.29 is 23.2 Å². The molecule has 0 fully saturated rings. The van der Waals surface area contributed by atoms with Gasteiger partial charge in [0.2, 0.25) is 0 Å². The van der Waals surface area contributed by atoms with Crippen LogP contribution in [0, 0.1) is 24.4 Å². The molecule has 5 nitrogen and oxygen atoms in total. The van der Waals surface area contributed by atoms with Crippen molar-refractivity contribution in [3.05, 3.63) is 58.4 Å². The van der Waals surface area contributed by atoms with Gasteiger partial charge in [0.25, 0.3) is 5.91 Å². The number of benzene rings is 2. The van der Waals surface area contributed by atoms with Crippen LogP contribution in [0.1, 0.15) is 21.5 Å². The van der Waals surface area contributed by atoms with Crippen molar-refractivity contribution in [3.63, 3.8) is 0 Å². The highest BCUT2D eigenvalue weighted by Gasteiger charge is 2.22. The monoisotopic (exact) mass is 325 g/mol. The molecule has 0 unspecified atom stereocenters. The number of halogens is 3. The molecular formula is C15H14F3N3O2. The minimum atomic E-state index is -1.40. The number of carbonyl (C=O) groups excluding carboxylic acids is 1. The van der Waals surface area contributed by atoms with E-state index in [1.165, 1.54) is 12.1 Å². The molecule has 2 aromatic carbocycles. The molecule has 0 aliphatic heterocycles. The summed E-state index contributed by atoms with van der Waals surface area (Å²) in [4.78, 5) is 11.5. The minimum Gasteiger partial charge on any atom is -0.366 e. The number of carbonyl (C=O) groups is 1. The molecule has 0 atom stereocenters. The van der Waals surface area contributed by atoms with Gasteiger partial charge in [-0.2, -0.15) is 0 Å². The molecule has 0 aliphatic carbocycles. The maximum Gasteiger partial charge on any atom is 0.250 e. The highest BCUT2D eigenvalue weighted by Crippen LogP contribution is 2.30. The van der Waals surface area contributed by atoms with E-state index in [-0.39, 0.29) is 16.8 Å². The predicted octanol–water partition coefficient (Wildman–Crippen LogP) is 2.73. The van der Waals surface area contributed by atoms with Crippen LogP contribution in [0.2, 0.25) is 0 Å². The Labute approximate surface area is 129 Å². The quantitative estimate of drug-likeness (QED) is 0.637. The number of primary amides is 1. The van der Waals surface area contributed by atoms with Gasteiger partial charge in [-0.15, -0.1) is 0 Å². The van der Waals surface area contributed by atoms with Crippen molar-refractivity contribution in [3.8, 4) is 0 Å². The van der Waals surface area contributed by atoms with Crippen LogP contribution in [-0.2, 0) is 6.54 Å². The lowest BCUT2D eigenvalue weighted by molar-refractivity contribution is 0.1000. The van der Waals surface area contributed by atoms with Crippen molar-refractivity contribution in [2.24, 2.45) is 5.73 Å². The van der Waals surface area contributed by atoms with E-state index in [1.54, 1.807) is 18.5 Å². The summed E-state index contributed by atoms with van der Waals surface area (Å²) >= 11 is 0. The summed E-state index contributed by atoms with van der Waals surface area (Å²) in [5.41, 5.74) is 6.10. The van der Waals surface area contributed by atoms with E-state index in [9.17, 15) is 18.0 Å². The molecule has 0 saturated carbocycles. The molecule has 0 spiro atoms. The van der Waals surface area contributed by atoms with Crippen molar-refractivity contribution in [2.45, 2.75) is 13.5 Å². The van der Waals surface area contributed by atoms with Crippen LogP contribution in [0.25, 0.3) is 0 Å². The number of hydrogen-bond donors (Lipinski definition) is 4. The zero-order valence-electron chi connectivity index (χ0n) is 12.1. The summed E-state index contributed by atoms with van der Waals surface area (Å²) < 4.78 is 42.0. The number of hydroxylamine groups is 1. The number of nitrogens with one attached hydrogen (secondary N) is 2. The zero-order valence-corrected chi connectivity index (χ0v) is 12.1. The van der Waals surface area contributed by atoms with Crippen molar-refractivity contribution in [2.75, 3.05) is 5.32 Å². The molecule has 0 heterocycles. The molecule has 2 aromatic rings. The Hall–Kier alpha value is -2.58. The summed E-state index contributed by atoms with van der Waals surface area (Å²) in [6.45, 7) is 1.24. The molecule has 122 valence electrons. The van der Waals surface area contributed by atoms with Crippen LogP contribution < -0.4 is 16.5 Å². The molecule has 2 rings (SSSR count). The maximum absolute atomic E-state index is 14.2. The first-order valence-electron chi connectivity index (χ1n) is 6.56. The average molecular weight is 325 g/mol. The van der Waals surface area contributed by atoms with E-state index >= 15 is 0 Å². The van der Waals surface area contributed by atoms with E-state index in [4.69, 9.17) is 10.9 Å². The number of amides is 1. The first-order chi connectivity index (χ1) is 10.8. The second-order valence-electron chi connectivity index (χ2n) is 4.89. The first-order valence-corrected chi connectivity index (χ1v) is 6.56. The number of hydrogen-bond acceptors (Lipinski definition) is 4. The standard InChI is InChI=1S/C15H14F3N3O2/c1-7-2-3-11(10(16)4-7)21-14-9(15(19)22)5-8(6-20-23)12(17)13(14)18/h2-5,20-21,23H,6H2,1H3,(H2,19,22). The van der Waals surface area contributed by atoms with Gasteiger partial charge in [0.05, 0.1) is 16.9 Å². The van der Waals surface area contributed by atoms with Crippen LogP contribution in [0.3, 0.4) is 0 Å². The highest BCUT2D eigenvalue weighted by atomic mass is 19.2. The fourth-order valence-electron chi connectivity index (χ4n) is 2.07. The summed E-state index contributed by atoms with van der Waals surface area (Å²) in [6.07, 6.45) is 0. The van der Waals surface area contributed by atoms with Gasteiger partial charge in [0, 0.05) is 12.1 Å². The van der Waals surface area contributed by atoms with Gasteiger partial charge in [-0.25, -0.2) is 18.7 Å². The Kier molecular flexibility index (Phi) is 4.87. The molecule has 0 aromatic heterocycles. The fraction of sp³-hybridized carbons (Fsp3) is 0.133. The van der Waals surface area contributed by atoms with Gasteiger partial charge in [-0.3, -0.25) is 4.79 Å². The molecule has 0 aliphatic rings. The third-order valence-electron chi connectivity index (χ3n) is 3.20. The molecule has 0 saturated heterocycles. The molecule has 0 bridgehead atoms. The van der Waals surface area contributed by atoms with Crippen molar-refractivity contribution in [1.82, 2.24) is 5.48 Å². The number of anilines is 2. The van der Waals surface area contributed by atoms with Gasteiger partial charge >= 0.3 is 0 Å². The lowest BCUT2D eigenvalue weighted by atomic mass is 10.1. The summed E-state index contributed by atoms with van der Waals surface area (Å²) in [7, 11) is 0. The molecule has 5 N–H and O–H groups in total. The van der Waals surface area contributed by atoms with Crippen LogP contribution in [0.5, 0.6) is 0 Å². The summed E-state index contributed by atoms with van der Waals surface area (Å²) in [5, 5.41) is 11.0. The van der Waals surface area contributed by atoms with Gasteiger partial charge in [-0.05, 0) is 30.7 Å². The Morgan fingerprint density at radius 2 is 1.91 bits per heavy atom. The lowest BCUT2D eigenvalue weighted by Gasteiger charge is -2.15. The number of rotatable bonds is 5. The number of nitrogens with two attached hydrogens (primary N) is 1. The second kappa shape index (κ2) is 6.67.